The molecule has 14 heteroatoms. The molecule has 1 rings (SSSR count). The van der Waals surface area contributed by atoms with Crippen molar-refractivity contribution in [1.82, 2.24) is 0 Å². The molecule has 0 saturated carbocycles. The molecular weight excluding hydrogens is 236 g/mol. The third kappa shape index (κ3) is 10.5. The van der Waals surface area contributed by atoms with Gasteiger partial charge in [-0.25, -0.2) is 0 Å². The van der Waals surface area contributed by atoms with Gasteiger partial charge in [-0.1, -0.05) is 6.32 Å². The van der Waals surface area contributed by atoms with E-state index in [2.05, 4.69) is 6.92 Å². The zero-order chi connectivity index (χ0) is 15.0. The first-order valence-corrected chi connectivity index (χ1v) is 7.54. The van der Waals surface area contributed by atoms with Crippen LogP contribution in [0.4, 0.5) is 0 Å². The van der Waals surface area contributed by atoms with E-state index >= 15 is 0 Å². The highest BCUT2D eigenvalue weighted by Gasteiger charge is 2.26. The Morgan fingerprint density at radius 3 is 2.00 bits per heavy atom. The molecule has 1 unspecified atom stereocenters. The molecule has 2 atom stereocenters. The van der Waals surface area contributed by atoms with Gasteiger partial charge in [0.25, 0.3) is 0 Å². The van der Waals surface area contributed by atoms with Crippen molar-refractivity contribution >= 4 is 98.1 Å². The maximum atomic E-state index is 5.55. The van der Waals surface area contributed by atoms with Crippen molar-refractivity contribution < 1.29 is 0 Å². The van der Waals surface area contributed by atoms with Gasteiger partial charge in [-0.05, 0) is 12.1 Å². The van der Waals surface area contributed by atoms with Crippen LogP contribution in [0.5, 0.6) is 0 Å². The Balaban J connectivity index is 0.000000356. The second-order valence-corrected chi connectivity index (χ2v) is 6.35. The van der Waals surface area contributed by atoms with Gasteiger partial charge >= 0.3 is 0 Å². The summed E-state index contributed by atoms with van der Waals surface area (Å²) in [6.45, 7) is 2.06. The van der Waals surface area contributed by atoms with Gasteiger partial charge < -0.3 is 5.73 Å². The maximum Gasteiger partial charge on any atom is 0.136 e. The molecule has 0 aromatic rings. The maximum absolute atomic E-state index is 5.55. The van der Waals surface area contributed by atoms with Crippen molar-refractivity contribution in [1.29, 1.82) is 0 Å². The van der Waals surface area contributed by atoms with Crippen LogP contribution in [-0.2, 0) is 0 Å². The van der Waals surface area contributed by atoms with Crippen molar-refractivity contribution in [3.05, 3.63) is 0 Å². The lowest BCUT2D eigenvalue weighted by atomic mass is 8.56. The largest absolute Gasteiger partial charge is 0.327 e. The third-order valence-corrected chi connectivity index (χ3v) is 4.34. The van der Waals surface area contributed by atoms with Crippen LogP contribution in [0.25, 0.3) is 0 Å². The molecule has 1 aliphatic rings. The monoisotopic (exact) mass is 250 g/mol. The number of hydrogen-bond acceptors (Lipinski definition) is 2. The summed E-state index contributed by atoms with van der Waals surface area (Å²) >= 11 is 2.03. The van der Waals surface area contributed by atoms with Gasteiger partial charge in [-0.3, -0.25) is 0 Å². The van der Waals surface area contributed by atoms with Crippen LogP contribution in [0.2, 0.25) is 6.32 Å². The average molecular weight is 248 g/mol. The predicted octanol–water partition coefficient (Wildman–Crippen LogP) is -3.93. The smallest absolute Gasteiger partial charge is 0.136 e. The second kappa shape index (κ2) is 10.8. The standard InChI is InChI=1S/C5H12BNS.B11/c1-4(7)3-8-5-2-6-5;1-7-10(6)11(8(2)3)9(4)5/h4-6H,2-3,7H2,1H3;/t4-,5?;/m1./s1. The minimum absolute atomic E-state index is 0.389. The summed E-state index contributed by atoms with van der Waals surface area (Å²) in [6.07, 6.45) is -0.721. The van der Waals surface area contributed by atoms with Crippen LogP contribution in [0.15, 0.2) is 0 Å². The Morgan fingerprint density at radius 2 is 1.79 bits per heavy atom. The summed E-state index contributed by atoms with van der Waals surface area (Å²) in [5, 5.41) is 0.973. The van der Waals surface area contributed by atoms with E-state index in [4.69, 9.17) is 52.2 Å². The molecule has 2 N–H and O–H groups in total. The van der Waals surface area contributed by atoms with Crippen LogP contribution in [0, 0.1) is 0 Å². The summed E-state index contributed by atoms with van der Waals surface area (Å²) in [7, 11) is 34.9. The van der Waals surface area contributed by atoms with Gasteiger partial charge in [0.2, 0.25) is 0 Å². The van der Waals surface area contributed by atoms with E-state index in [0.29, 0.717) is 6.04 Å². The quantitative estimate of drug-likeness (QED) is 0.466. The van der Waals surface area contributed by atoms with Gasteiger partial charge in [0.05, 0.1) is 0 Å². The van der Waals surface area contributed by atoms with Gasteiger partial charge in [-0.15, -0.1) is 0 Å². The summed E-state index contributed by atoms with van der Waals surface area (Å²) < 4.78 is 0. The lowest BCUT2D eigenvalue weighted by Gasteiger charge is -2.25. The first-order chi connectivity index (χ1) is 8.79. The van der Waals surface area contributed by atoms with Gasteiger partial charge in [0.15, 0.2) is 0 Å². The average Bonchev–Trinajstić information content (AvgIpc) is 3.09. The lowest BCUT2D eigenvalue weighted by molar-refractivity contribution is 0.847. The van der Waals surface area contributed by atoms with E-state index in [-0.39, 0.29) is 6.39 Å². The Bertz CT molecular complexity index is 214. The molecule has 19 heavy (non-hydrogen) atoms. The molecule has 0 spiro atoms. The van der Waals surface area contributed by atoms with Crippen molar-refractivity contribution in [3.8, 4) is 0 Å². The van der Waals surface area contributed by atoms with E-state index in [1.54, 1.807) is 0 Å². The number of thioether (sulfide) groups is 1. The van der Waals surface area contributed by atoms with E-state index < -0.39 is 19.2 Å². The molecule has 1 aliphatic heterocycles. The Morgan fingerprint density at radius 1 is 1.32 bits per heavy atom. The van der Waals surface area contributed by atoms with Crippen molar-refractivity contribution in [2.24, 2.45) is 5.73 Å². The fraction of sp³-hybridized carbons (Fsp3) is 1.00. The summed E-state index contributed by atoms with van der Waals surface area (Å²) in [6, 6.07) is 0.389. The van der Waals surface area contributed by atoms with Crippen LogP contribution in [0.1, 0.15) is 6.92 Å². The van der Waals surface area contributed by atoms with Crippen molar-refractivity contribution in [2.75, 3.05) is 5.75 Å². The highest BCUT2D eigenvalue weighted by molar-refractivity contribution is 8.02. The van der Waals surface area contributed by atoms with Crippen LogP contribution >= 0.6 is 11.8 Å². The first kappa shape index (κ1) is 20.1. The molecule has 79 valence electrons. The second-order valence-electron chi connectivity index (χ2n) is 5.01. The Hall–Kier alpha value is 1.09. The highest BCUT2D eigenvalue weighted by Crippen LogP contribution is 2.26. The van der Waals surface area contributed by atoms with Gasteiger partial charge in [0.1, 0.15) is 7.28 Å². The fourth-order valence-corrected chi connectivity index (χ4v) is 2.47. The molecule has 1 nitrogen and oxygen atoms in total. The zero-order valence-corrected chi connectivity index (χ0v) is 12.4. The van der Waals surface area contributed by atoms with Gasteiger partial charge in [0, 0.05) is 90.8 Å². The molecule has 0 aromatic carbocycles. The predicted molar refractivity (Wildman–Crippen MR) is 105 cm³/mol. The normalized spacial score (nSPS) is 17.1. The number of rotatable bonds is 7. The Labute approximate surface area is 134 Å². The van der Waals surface area contributed by atoms with Crippen molar-refractivity contribution in [2.45, 2.75) is 24.4 Å². The molecule has 0 aromatic heterocycles. The fourth-order valence-electron chi connectivity index (χ4n) is 1.42. The lowest BCUT2D eigenvalue weighted by Crippen LogP contribution is -2.63. The molecular formula is C5H12B12NS. The molecule has 0 bridgehead atoms. The molecule has 0 amide bonds. The number of nitrogens with two attached hydrogens (primary N) is 1. The summed E-state index contributed by atoms with van der Waals surface area (Å²) in [4.78, 5) is 0. The first-order valence-electron chi connectivity index (χ1n) is 6.49. The van der Waals surface area contributed by atoms with Crippen LogP contribution in [-0.4, -0.2) is 103 Å². The minimum atomic E-state index is -0.648. The van der Waals surface area contributed by atoms with Crippen LogP contribution < -0.4 is 5.73 Å². The zero-order valence-electron chi connectivity index (χ0n) is 11.6. The molecule has 1 fully saturated rings. The SMILES string of the molecule is C[C@@H](N)CSC1BC1.[B][B]B([B])B(B([B])[B])B([B])[B]. The minimum Gasteiger partial charge on any atom is -0.327 e. The Kier molecular flexibility index (Phi) is 11.4. The van der Waals surface area contributed by atoms with E-state index in [1.807, 2.05) is 11.8 Å². The number of hydrogen-bond donors (Lipinski definition) is 1. The van der Waals surface area contributed by atoms with Crippen LogP contribution in [0.3, 0.4) is 0 Å². The third-order valence-electron chi connectivity index (χ3n) is 2.67. The summed E-state index contributed by atoms with van der Waals surface area (Å²) in [5.41, 5.74) is 5.55. The topological polar surface area (TPSA) is 26.0 Å². The van der Waals surface area contributed by atoms with E-state index in [1.165, 1.54) is 20.7 Å². The molecule has 13 radical (unpaired) electrons. The summed E-state index contributed by atoms with van der Waals surface area (Å²) in [5.74, 6) is 1.14. The molecule has 0 aliphatic carbocycles. The van der Waals surface area contributed by atoms with E-state index in [9.17, 15) is 0 Å². The van der Waals surface area contributed by atoms with Crippen molar-refractivity contribution in [3.63, 3.8) is 0 Å². The van der Waals surface area contributed by atoms with E-state index in [0.717, 1.165) is 10.9 Å². The molecule has 1 saturated heterocycles. The van der Waals surface area contributed by atoms with Gasteiger partial charge in [-0.2, -0.15) is 11.8 Å². The molecule has 1 heterocycles. The highest BCUT2D eigenvalue weighted by atomic mass is 32.2.